The Labute approximate surface area is 115 Å². The zero-order valence-corrected chi connectivity index (χ0v) is 11.3. The molecule has 1 aliphatic rings. The van der Waals surface area contributed by atoms with E-state index in [4.69, 9.17) is 0 Å². The molecule has 0 radical (unpaired) electrons. The minimum atomic E-state index is -0.281. The van der Waals surface area contributed by atoms with Crippen LogP contribution in [0.3, 0.4) is 0 Å². The molecule has 0 aliphatic heterocycles. The third-order valence-corrected chi connectivity index (χ3v) is 3.93. The van der Waals surface area contributed by atoms with Gasteiger partial charge in [-0.25, -0.2) is 0 Å². The summed E-state index contributed by atoms with van der Waals surface area (Å²) >= 11 is 0. The highest BCUT2D eigenvalue weighted by molar-refractivity contribution is 5.79. The van der Waals surface area contributed by atoms with Crippen molar-refractivity contribution in [1.82, 2.24) is 5.32 Å². The van der Waals surface area contributed by atoms with Gasteiger partial charge in [-0.3, -0.25) is 4.79 Å². The molecule has 0 unspecified atom stereocenters. The first kappa shape index (κ1) is 14.1. The number of rotatable bonds is 4. The van der Waals surface area contributed by atoms with Crippen molar-refractivity contribution in [2.24, 2.45) is 5.92 Å². The van der Waals surface area contributed by atoms with Crippen molar-refractivity contribution in [2.45, 2.75) is 44.6 Å². The van der Waals surface area contributed by atoms with E-state index in [1.807, 2.05) is 30.3 Å². The van der Waals surface area contributed by atoms with Gasteiger partial charge in [0.15, 0.2) is 0 Å². The van der Waals surface area contributed by atoms with Gasteiger partial charge in [-0.1, -0.05) is 56.0 Å². The highest BCUT2D eigenvalue weighted by Crippen LogP contribution is 2.24. The van der Waals surface area contributed by atoms with Gasteiger partial charge >= 0.3 is 0 Å². The van der Waals surface area contributed by atoms with E-state index in [2.05, 4.69) is 5.32 Å². The van der Waals surface area contributed by atoms with Crippen LogP contribution in [-0.2, 0) is 4.79 Å². The number of hydrogen-bond donors (Lipinski definition) is 2. The summed E-state index contributed by atoms with van der Waals surface area (Å²) < 4.78 is 0. The molecule has 1 amide bonds. The van der Waals surface area contributed by atoms with E-state index in [9.17, 15) is 9.90 Å². The molecule has 0 saturated heterocycles. The van der Waals surface area contributed by atoms with Crippen LogP contribution in [0.1, 0.15) is 50.1 Å². The Bertz CT molecular complexity index is 383. The van der Waals surface area contributed by atoms with Gasteiger partial charge in [-0.15, -0.1) is 0 Å². The molecule has 19 heavy (non-hydrogen) atoms. The van der Waals surface area contributed by atoms with Crippen LogP contribution in [0, 0.1) is 5.92 Å². The maximum absolute atomic E-state index is 12.3. The summed E-state index contributed by atoms with van der Waals surface area (Å²) in [6.45, 7) is -0.0531. The van der Waals surface area contributed by atoms with E-state index in [1.54, 1.807) is 0 Å². The zero-order valence-electron chi connectivity index (χ0n) is 11.3. The van der Waals surface area contributed by atoms with Crippen LogP contribution >= 0.6 is 0 Å². The second-order valence-electron chi connectivity index (χ2n) is 5.34. The second kappa shape index (κ2) is 7.29. The average molecular weight is 261 g/mol. The first-order valence-electron chi connectivity index (χ1n) is 7.27. The molecule has 0 spiro atoms. The molecule has 3 nitrogen and oxygen atoms in total. The standard InChI is InChI=1S/C16H23NO2/c18-12-15(13-8-6-3-7-9-13)17-16(19)14-10-4-1-2-5-11-14/h3,6-9,14-15,18H,1-2,4-5,10-12H2,(H,17,19)/t15-/m0/s1. The molecule has 0 heterocycles. The number of hydrogen-bond acceptors (Lipinski definition) is 2. The summed E-state index contributed by atoms with van der Waals surface area (Å²) in [6.07, 6.45) is 6.75. The molecule has 0 aromatic heterocycles. The Balaban J connectivity index is 1.96. The van der Waals surface area contributed by atoms with Crippen molar-refractivity contribution in [1.29, 1.82) is 0 Å². The lowest BCUT2D eigenvalue weighted by Gasteiger charge is -2.20. The fourth-order valence-corrected chi connectivity index (χ4v) is 2.75. The van der Waals surface area contributed by atoms with Gasteiger partial charge in [0, 0.05) is 5.92 Å². The normalized spacial score (nSPS) is 18.6. The van der Waals surface area contributed by atoms with Gasteiger partial charge in [0.1, 0.15) is 0 Å². The van der Waals surface area contributed by atoms with E-state index < -0.39 is 0 Å². The number of carbonyl (C=O) groups excluding carboxylic acids is 1. The molecule has 3 heteroatoms. The fourth-order valence-electron chi connectivity index (χ4n) is 2.75. The maximum Gasteiger partial charge on any atom is 0.223 e. The smallest absolute Gasteiger partial charge is 0.223 e. The number of amides is 1. The third kappa shape index (κ3) is 4.06. The lowest BCUT2D eigenvalue weighted by molar-refractivity contribution is -0.126. The molecule has 2 rings (SSSR count). The summed E-state index contributed by atoms with van der Waals surface area (Å²) in [7, 11) is 0. The monoisotopic (exact) mass is 261 g/mol. The fraction of sp³-hybridized carbons (Fsp3) is 0.562. The number of aliphatic hydroxyl groups is 1. The SMILES string of the molecule is O=C(N[C@@H](CO)c1ccccc1)C1CCCCCC1. The molecule has 2 N–H and O–H groups in total. The van der Waals surface area contributed by atoms with Crippen molar-refractivity contribution in [2.75, 3.05) is 6.61 Å². The highest BCUT2D eigenvalue weighted by Gasteiger charge is 2.22. The Hall–Kier alpha value is -1.35. The van der Waals surface area contributed by atoms with Crippen LogP contribution < -0.4 is 5.32 Å². The van der Waals surface area contributed by atoms with Gasteiger partial charge in [-0.05, 0) is 18.4 Å². The van der Waals surface area contributed by atoms with Crippen molar-refractivity contribution in [3.63, 3.8) is 0 Å². The third-order valence-electron chi connectivity index (χ3n) is 3.93. The predicted molar refractivity (Wildman–Crippen MR) is 75.6 cm³/mol. The molecule has 104 valence electrons. The molecule has 0 bridgehead atoms. The first-order chi connectivity index (χ1) is 9.31. The van der Waals surface area contributed by atoms with Crippen LogP contribution in [0.25, 0.3) is 0 Å². The molecule has 1 aromatic rings. The molecule has 1 aromatic carbocycles. The van der Waals surface area contributed by atoms with Crippen molar-refractivity contribution < 1.29 is 9.90 Å². The van der Waals surface area contributed by atoms with Gasteiger partial charge in [0.2, 0.25) is 5.91 Å². The molecule has 1 aliphatic carbocycles. The van der Waals surface area contributed by atoms with E-state index in [0.29, 0.717) is 0 Å². The van der Waals surface area contributed by atoms with Crippen molar-refractivity contribution in [3.8, 4) is 0 Å². The van der Waals surface area contributed by atoms with Crippen LogP contribution in [0.15, 0.2) is 30.3 Å². The van der Waals surface area contributed by atoms with Crippen LogP contribution in [-0.4, -0.2) is 17.6 Å². The highest BCUT2D eigenvalue weighted by atomic mass is 16.3. The van der Waals surface area contributed by atoms with E-state index in [0.717, 1.165) is 31.2 Å². The Morgan fingerprint density at radius 3 is 2.37 bits per heavy atom. The summed E-state index contributed by atoms with van der Waals surface area (Å²) in [5.74, 6) is 0.227. The lowest BCUT2D eigenvalue weighted by atomic mass is 9.98. The predicted octanol–water partition coefficient (Wildman–Crippen LogP) is 2.81. The summed E-state index contributed by atoms with van der Waals surface area (Å²) in [6, 6.07) is 9.39. The Kier molecular flexibility index (Phi) is 5.40. The summed E-state index contributed by atoms with van der Waals surface area (Å²) in [5.41, 5.74) is 0.965. The first-order valence-corrected chi connectivity index (χ1v) is 7.27. The van der Waals surface area contributed by atoms with Crippen molar-refractivity contribution >= 4 is 5.91 Å². The van der Waals surface area contributed by atoms with E-state index in [1.165, 1.54) is 12.8 Å². The molecule has 1 atom stereocenters. The molecule has 1 fully saturated rings. The Morgan fingerprint density at radius 1 is 1.16 bits per heavy atom. The summed E-state index contributed by atoms with van der Waals surface area (Å²) in [5, 5.41) is 12.5. The number of benzene rings is 1. The van der Waals surface area contributed by atoms with Gasteiger partial charge in [-0.2, -0.15) is 0 Å². The molecule has 1 saturated carbocycles. The van der Waals surface area contributed by atoms with Crippen LogP contribution in [0.5, 0.6) is 0 Å². The zero-order chi connectivity index (χ0) is 13.5. The van der Waals surface area contributed by atoms with Crippen LogP contribution in [0.2, 0.25) is 0 Å². The summed E-state index contributed by atoms with van der Waals surface area (Å²) in [4.78, 5) is 12.3. The Morgan fingerprint density at radius 2 is 1.79 bits per heavy atom. The maximum atomic E-state index is 12.3. The minimum absolute atomic E-state index is 0.0531. The van der Waals surface area contributed by atoms with Crippen LogP contribution in [0.4, 0.5) is 0 Å². The van der Waals surface area contributed by atoms with E-state index in [-0.39, 0.29) is 24.5 Å². The molecular weight excluding hydrogens is 238 g/mol. The van der Waals surface area contributed by atoms with E-state index >= 15 is 0 Å². The second-order valence-corrected chi connectivity index (χ2v) is 5.34. The van der Waals surface area contributed by atoms with Gasteiger partial charge in [0.05, 0.1) is 12.6 Å². The average Bonchev–Trinajstić information content (AvgIpc) is 2.74. The number of nitrogens with one attached hydrogen (secondary N) is 1. The largest absolute Gasteiger partial charge is 0.394 e. The van der Waals surface area contributed by atoms with Gasteiger partial charge < -0.3 is 10.4 Å². The number of aliphatic hydroxyl groups excluding tert-OH is 1. The minimum Gasteiger partial charge on any atom is -0.394 e. The molecular formula is C16H23NO2. The van der Waals surface area contributed by atoms with Gasteiger partial charge in [0.25, 0.3) is 0 Å². The van der Waals surface area contributed by atoms with Crippen molar-refractivity contribution in [3.05, 3.63) is 35.9 Å². The lowest BCUT2D eigenvalue weighted by Crippen LogP contribution is -2.35. The number of carbonyl (C=O) groups is 1. The quantitative estimate of drug-likeness (QED) is 0.819. The topological polar surface area (TPSA) is 49.3 Å².